The van der Waals surface area contributed by atoms with Gasteiger partial charge in [0.25, 0.3) is 0 Å². The van der Waals surface area contributed by atoms with Crippen LogP contribution in [-0.2, 0) is 14.8 Å². The molecule has 1 unspecified atom stereocenters. The predicted octanol–water partition coefficient (Wildman–Crippen LogP) is 2.15. The summed E-state index contributed by atoms with van der Waals surface area (Å²) in [6.45, 7) is 3.53. The van der Waals surface area contributed by atoms with Crippen molar-refractivity contribution in [3.05, 3.63) is 39.5 Å². The Morgan fingerprint density at radius 2 is 2.17 bits per heavy atom. The molecular formula is C15H19NO6S2. The minimum atomic E-state index is -3.86. The maximum absolute atomic E-state index is 12.3. The van der Waals surface area contributed by atoms with Crippen molar-refractivity contribution < 1.29 is 27.5 Å². The standard InChI is InChI=1S/C15H19NO6S2/c1-9-8-11(10(2)22-9)12(17)4-6-16-24(19,20)13-5-7-23-14(13)15(18)21-3/h5,7-8,12,16-17H,4,6H2,1-3H3. The van der Waals surface area contributed by atoms with Crippen LogP contribution in [0.2, 0.25) is 0 Å². The molecule has 0 aliphatic rings. The van der Waals surface area contributed by atoms with E-state index in [0.717, 1.165) is 11.3 Å². The number of carbonyl (C=O) groups excluding carboxylic acids is 1. The smallest absolute Gasteiger partial charge is 0.349 e. The maximum Gasteiger partial charge on any atom is 0.349 e. The van der Waals surface area contributed by atoms with Gasteiger partial charge < -0.3 is 14.3 Å². The Bertz CT molecular complexity index is 821. The maximum atomic E-state index is 12.3. The van der Waals surface area contributed by atoms with E-state index in [2.05, 4.69) is 9.46 Å². The molecule has 7 nitrogen and oxygen atoms in total. The molecule has 0 spiro atoms. The Labute approximate surface area is 144 Å². The molecule has 0 amide bonds. The van der Waals surface area contributed by atoms with Gasteiger partial charge >= 0.3 is 5.97 Å². The highest BCUT2D eigenvalue weighted by molar-refractivity contribution is 7.89. The number of furan rings is 1. The van der Waals surface area contributed by atoms with Crippen molar-refractivity contribution in [2.45, 2.75) is 31.3 Å². The Balaban J connectivity index is 2.02. The van der Waals surface area contributed by atoms with Crippen LogP contribution in [0.15, 0.2) is 26.8 Å². The zero-order chi connectivity index (χ0) is 17.9. The molecule has 2 heterocycles. The Morgan fingerprint density at radius 3 is 2.75 bits per heavy atom. The molecule has 0 bridgehead atoms. The highest BCUT2D eigenvalue weighted by atomic mass is 32.2. The van der Waals surface area contributed by atoms with Crippen LogP contribution in [0.5, 0.6) is 0 Å². The second-order valence-corrected chi connectivity index (χ2v) is 7.83. The van der Waals surface area contributed by atoms with Crippen molar-refractivity contribution in [3.63, 3.8) is 0 Å². The van der Waals surface area contributed by atoms with E-state index in [1.54, 1.807) is 19.9 Å². The van der Waals surface area contributed by atoms with Gasteiger partial charge in [0.15, 0.2) is 0 Å². The highest BCUT2D eigenvalue weighted by Gasteiger charge is 2.24. The number of aryl methyl sites for hydroxylation is 2. The van der Waals surface area contributed by atoms with Crippen LogP contribution in [0.1, 0.15) is 39.3 Å². The van der Waals surface area contributed by atoms with Gasteiger partial charge in [0.05, 0.1) is 13.2 Å². The van der Waals surface area contributed by atoms with Crippen molar-refractivity contribution in [3.8, 4) is 0 Å². The summed E-state index contributed by atoms with van der Waals surface area (Å²) in [6, 6.07) is 3.07. The fourth-order valence-corrected chi connectivity index (χ4v) is 4.68. The molecule has 2 aromatic heterocycles. The minimum Gasteiger partial charge on any atom is -0.466 e. The summed E-state index contributed by atoms with van der Waals surface area (Å²) in [6.07, 6.45) is -0.663. The number of aliphatic hydroxyl groups excluding tert-OH is 1. The third-order valence-electron chi connectivity index (χ3n) is 3.44. The third-order valence-corrected chi connectivity index (χ3v) is 5.96. The van der Waals surface area contributed by atoms with Crippen molar-refractivity contribution in [1.29, 1.82) is 0 Å². The lowest BCUT2D eigenvalue weighted by Gasteiger charge is -2.11. The number of hydrogen-bond donors (Lipinski definition) is 2. The van der Waals surface area contributed by atoms with Gasteiger partial charge in [-0.25, -0.2) is 17.9 Å². The normalized spacial score (nSPS) is 13.0. The lowest BCUT2D eigenvalue weighted by Crippen LogP contribution is -2.27. The first kappa shape index (κ1) is 18.7. The van der Waals surface area contributed by atoms with E-state index in [9.17, 15) is 18.3 Å². The van der Waals surface area contributed by atoms with Crippen molar-refractivity contribution >= 4 is 27.3 Å². The molecule has 2 aromatic rings. The van der Waals surface area contributed by atoms with Gasteiger partial charge in [0.1, 0.15) is 21.3 Å². The monoisotopic (exact) mass is 373 g/mol. The molecule has 0 aliphatic heterocycles. The van der Waals surface area contributed by atoms with E-state index in [1.807, 2.05) is 0 Å². The SMILES string of the molecule is COC(=O)c1sccc1S(=O)(=O)NCCC(O)c1cc(C)oc1C. The van der Waals surface area contributed by atoms with Gasteiger partial charge in [-0.05, 0) is 37.8 Å². The molecule has 2 N–H and O–H groups in total. The van der Waals surface area contributed by atoms with E-state index >= 15 is 0 Å². The van der Waals surface area contributed by atoms with Crippen LogP contribution >= 0.6 is 11.3 Å². The quantitative estimate of drug-likeness (QED) is 0.721. The number of thiophene rings is 1. The fourth-order valence-electron chi connectivity index (χ4n) is 2.30. The summed E-state index contributed by atoms with van der Waals surface area (Å²) >= 11 is 0.995. The zero-order valence-corrected chi connectivity index (χ0v) is 15.2. The number of aliphatic hydroxyl groups is 1. The van der Waals surface area contributed by atoms with E-state index in [4.69, 9.17) is 4.42 Å². The molecule has 0 aliphatic carbocycles. The minimum absolute atomic E-state index is 0.0175. The topological polar surface area (TPSA) is 106 Å². The predicted molar refractivity (Wildman–Crippen MR) is 88.6 cm³/mol. The summed E-state index contributed by atoms with van der Waals surface area (Å²) in [7, 11) is -2.67. The fraction of sp³-hybridized carbons (Fsp3) is 0.400. The Morgan fingerprint density at radius 1 is 1.46 bits per heavy atom. The Hall–Kier alpha value is -1.68. The first-order valence-corrected chi connectivity index (χ1v) is 9.53. The number of nitrogens with one attached hydrogen (secondary N) is 1. The molecule has 0 radical (unpaired) electrons. The number of rotatable bonds is 7. The molecule has 0 aromatic carbocycles. The van der Waals surface area contributed by atoms with Gasteiger partial charge in [-0.2, -0.15) is 0 Å². The zero-order valence-electron chi connectivity index (χ0n) is 13.5. The van der Waals surface area contributed by atoms with Crippen LogP contribution in [0.25, 0.3) is 0 Å². The van der Waals surface area contributed by atoms with E-state index in [-0.39, 0.29) is 22.7 Å². The number of hydrogen-bond acceptors (Lipinski definition) is 7. The summed E-state index contributed by atoms with van der Waals surface area (Å²) in [5.41, 5.74) is 0.637. The lowest BCUT2D eigenvalue weighted by atomic mass is 10.1. The number of esters is 1. The van der Waals surface area contributed by atoms with Gasteiger partial charge in [-0.3, -0.25) is 0 Å². The van der Waals surface area contributed by atoms with Crippen molar-refractivity contribution in [1.82, 2.24) is 4.72 Å². The van der Waals surface area contributed by atoms with Crippen LogP contribution in [-0.4, -0.2) is 33.1 Å². The first-order valence-electron chi connectivity index (χ1n) is 7.16. The van der Waals surface area contributed by atoms with E-state index in [1.165, 1.54) is 18.6 Å². The largest absolute Gasteiger partial charge is 0.466 e. The molecule has 2 rings (SSSR count). The first-order chi connectivity index (χ1) is 11.3. The average molecular weight is 373 g/mol. The van der Waals surface area contributed by atoms with Gasteiger partial charge in [-0.15, -0.1) is 11.3 Å². The number of ether oxygens (including phenoxy) is 1. The van der Waals surface area contributed by atoms with Crippen LogP contribution in [0, 0.1) is 13.8 Å². The van der Waals surface area contributed by atoms with Crippen LogP contribution in [0.4, 0.5) is 0 Å². The average Bonchev–Trinajstić information content (AvgIpc) is 3.13. The van der Waals surface area contributed by atoms with Crippen LogP contribution in [0.3, 0.4) is 0 Å². The number of carbonyl (C=O) groups is 1. The molecule has 1 atom stereocenters. The summed E-state index contributed by atoms with van der Waals surface area (Å²) in [4.78, 5) is 11.5. The molecule has 132 valence electrons. The number of sulfonamides is 1. The summed E-state index contributed by atoms with van der Waals surface area (Å²) < 4.78 is 36.9. The second-order valence-electron chi connectivity index (χ2n) is 5.18. The summed E-state index contributed by atoms with van der Waals surface area (Å²) in [5, 5.41) is 11.7. The summed E-state index contributed by atoms with van der Waals surface area (Å²) in [5.74, 6) is 0.590. The third kappa shape index (κ3) is 4.04. The second kappa shape index (κ2) is 7.47. The molecule has 9 heteroatoms. The lowest BCUT2D eigenvalue weighted by molar-refractivity contribution is 0.0602. The van der Waals surface area contributed by atoms with Crippen molar-refractivity contribution in [2.24, 2.45) is 0 Å². The molecule has 0 saturated heterocycles. The molecule has 0 fully saturated rings. The Kier molecular flexibility index (Phi) is 5.81. The van der Waals surface area contributed by atoms with Crippen LogP contribution < -0.4 is 4.72 Å². The highest BCUT2D eigenvalue weighted by Crippen LogP contribution is 2.25. The number of methoxy groups -OCH3 is 1. The van der Waals surface area contributed by atoms with Gasteiger partial charge in [-0.1, -0.05) is 0 Å². The van der Waals surface area contributed by atoms with E-state index in [0.29, 0.717) is 17.1 Å². The van der Waals surface area contributed by atoms with Gasteiger partial charge in [0, 0.05) is 12.1 Å². The molecule has 0 saturated carbocycles. The van der Waals surface area contributed by atoms with Crippen molar-refractivity contribution in [2.75, 3.05) is 13.7 Å². The van der Waals surface area contributed by atoms with Gasteiger partial charge in [0.2, 0.25) is 10.0 Å². The van der Waals surface area contributed by atoms with E-state index < -0.39 is 22.1 Å². The molecular weight excluding hydrogens is 354 g/mol. The molecule has 24 heavy (non-hydrogen) atoms.